The quantitative estimate of drug-likeness (QED) is 0.785. The summed E-state index contributed by atoms with van der Waals surface area (Å²) in [6.07, 6.45) is 5.41. The van der Waals surface area contributed by atoms with Gasteiger partial charge in [-0.2, -0.15) is 0 Å². The van der Waals surface area contributed by atoms with Gasteiger partial charge in [-0.25, -0.2) is 9.97 Å². The molecule has 1 atom stereocenters. The Labute approximate surface area is 131 Å². The van der Waals surface area contributed by atoms with E-state index in [0.717, 1.165) is 15.7 Å². The molecule has 0 fully saturated rings. The molecule has 0 aliphatic rings. The van der Waals surface area contributed by atoms with Gasteiger partial charge in [0.05, 0.1) is 24.3 Å². The fourth-order valence-electron chi connectivity index (χ4n) is 2.35. The van der Waals surface area contributed by atoms with Gasteiger partial charge in [0, 0.05) is 16.2 Å². The van der Waals surface area contributed by atoms with Gasteiger partial charge in [-0.15, -0.1) is 0 Å². The van der Waals surface area contributed by atoms with E-state index in [1.165, 1.54) is 5.56 Å². The summed E-state index contributed by atoms with van der Waals surface area (Å²) < 4.78 is 3.21. The Balaban J connectivity index is 2.00. The Morgan fingerprint density at radius 3 is 2.67 bits per heavy atom. The van der Waals surface area contributed by atoms with E-state index in [2.05, 4.69) is 49.5 Å². The second kappa shape index (κ2) is 5.69. The maximum Gasteiger partial charge on any atom is 0.123 e. The third-order valence-corrected chi connectivity index (χ3v) is 4.04. The van der Waals surface area contributed by atoms with Gasteiger partial charge in [-0.3, -0.25) is 0 Å². The lowest BCUT2D eigenvalue weighted by Crippen LogP contribution is -2.07. The van der Waals surface area contributed by atoms with Gasteiger partial charge in [0.25, 0.3) is 0 Å². The lowest BCUT2D eigenvalue weighted by Gasteiger charge is -2.17. The summed E-state index contributed by atoms with van der Waals surface area (Å²) >= 11 is 3.46. The summed E-state index contributed by atoms with van der Waals surface area (Å²) in [7, 11) is 0. The van der Waals surface area contributed by atoms with Crippen molar-refractivity contribution in [1.29, 1.82) is 0 Å². The van der Waals surface area contributed by atoms with E-state index >= 15 is 0 Å². The maximum atomic E-state index is 5.77. The van der Waals surface area contributed by atoms with Crippen LogP contribution in [0.2, 0.25) is 0 Å². The van der Waals surface area contributed by atoms with Crippen LogP contribution >= 0.6 is 15.9 Å². The zero-order valence-electron chi connectivity index (χ0n) is 11.6. The number of benzene rings is 1. The van der Waals surface area contributed by atoms with Crippen molar-refractivity contribution in [3.05, 3.63) is 65.2 Å². The fraction of sp³-hybridized carbons (Fsp3) is 0.125. The van der Waals surface area contributed by atoms with E-state index in [1.807, 2.05) is 36.8 Å². The molecule has 1 unspecified atom stereocenters. The lowest BCUT2D eigenvalue weighted by atomic mass is 10.1. The van der Waals surface area contributed by atoms with Gasteiger partial charge in [0.2, 0.25) is 0 Å². The van der Waals surface area contributed by atoms with Crippen molar-refractivity contribution in [2.24, 2.45) is 0 Å². The first-order valence-corrected chi connectivity index (χ1v) is 7.43. The van der Waals surface area contributed by atoms with Crippen LogP contribution in [0.1, 0.15) is 18.5 Å². The summed E-state index contributed by atoms with van der Waals surface area (Å²) in [6.45, 7) is 2.15. The Kier molecular flexibility index (Phi) is 3.75. The molecule has 4 nitrogen and oxygen atoms in total. The maximum absolute atomic E-state index is 5.77. The van der Waals surface area contributed by atoms with Crippen molar-refractivity contribution < 1.29 is 0 Å². The molecular weight excluding hydrogens is 328 g/mol. The highest BCUT2D eigenvalue weighted by atomic mass is 79.9. The molecule has 0 bridgehead atoms. The molecule has 3 aromatic rings. The highest BCUT2D eigenvalue weighted by Crippen LogP contribution is 2.27. The fourth-order valence-corrected chi connectivity index (χ4v) is 2.61. The first-order chi connectivity index (χ1) is 10.1. The molecule has 0 spiro atoms. The summed E-state index contributed by atoms with van der Waals surface area (Å²) in [5.41, 5.74) is 9.04. The molecule has 21 heavy (non-hydrogen) atoms. The van der Waals surface area contributed by atoms with Crippen LogP contribution in [-0.4, -0.2) is 14.5 Å². The number of anilines is 1. The zero-order chi connectivity index (χ0) is 14.8. The first-order valence-electron chi connectivity index (χ1n) is 6.64. The third kappa shape index (κ3) is 2.83. The summed E-state index contributed by atoms with van der Waals surface area (Å²) in [6, 6.07) is 12.3. The third-order valence-electron chi connectivity index (χ3n) is 3.51. The molecule has 0 aliphatic heterocycles. The highest BCUT2D eigenvalue weighted by Gasteiger charge is 2.13. The Morgan fingerprint density at radius 2 is 1.95 bits per heavy atom. The van der Waals surface area contributed by atoms with E-state index in [4.69, 9.17) is 5.73 Å². The van der Waals surface area contributed by atoms with E-state index in [1.54, 1.807) is 6.20 Å². The number of imidazole rings is 1. The molecule has 2 heterocycles. The number of nitrogens with two attached hydrogens (primary N) is 1. The van der Waals surface area contributed by atoms with Crippen LogP contribution in [0.3, 0.4) is 0 Å². The molecule has 5 heteroatoms. The number of pyridine rings is 1. The molecule has 0 aliphatic carbocycles. The Morgan fingerprint density at radius 1 is 1.19 bits per heavy atom. The molecule has 0 amide bonds. The number of halogens is 1. The minimum atomic E-state index is 0.185. The largest absolute Gasteiger partial charge is 0.384 e. The standard InChI is InChI=1S/C16H15BrN4/c1-11(12-2-4-14(17)5-3-12)21-10-19-9-15(21)13-6-7-20-16(18)8-13/h2-11H,1H3,(H2,18,20). The molecule has 3 rings (SSSR count). The van der Waals surface area contributed by atoms with Crippen LogP contribution in [-0.2, 0) is 0 Å². The molecular formula is C16H15BrN4. The van der Waals surface area contributed by atoms with E-state index in [9.17, 15) is 0 Å². The Bertz CT molecular complexity index is 749. The van der Waals surface area contributed by atoms with Crippen molar-refractivity contribution in [2.75, 3.05) is 5.73 Å². The molecule has 0 radical (unpaired) electrons. The predicted molar refractivity (Wildman–Crippen MR) is 87.8 cm³/mol. The monoisotopic (exact) mass is 342 g/mol. The normalized spacial score (nSPS) is 12.3. The number of hydrogen-bond acceptors (Lipinski definition) is 3. The molecule has 2 N–H and O–H groups in total. The van der Waals surface area contributed by atoms with Crippen LogP contribution in [0, 0.1) is 0 Å². The van der Waals surface area contributed by atoms with Crippen molar-refractivity contribution in [2.45, 2.75) is 13.0 Å². The van der Waals surface area contributed by atoms with Gasteiger partial charge in [0.15, 0.2) is 0 Å². The number of rotatable bonds is 3. The van der Waals surface area contributed by atoms with Crippen LogP contribution in [0.25, 0.3) is 11.3 Å². The van der Waals surface area contributed by atoms with E-state index in [0.29, 0.717) is 5.82 Å². The average molecular weight is 343 g/mol. The number of nitrogens with zero attached hydrogens (tertiary/aromatic N) is 3. The summed E-state index contributed by atoms with van der Waals surface area (Å²) in [5.74, 6) is 0.511. The number of hydrogen-bond donors (Lipinski definition) is 1. The minimum absolute atomic E-state index is 0.185. The highest BCUT2D eigenvalue weighted by molar-refractivity contribution is 9.10. The van der Waals surface area contributed by atoms with E-state index in [-0.39, 0.29) is 6.04 Å². The van der Waals surface area contributed by atoms with Crippen molar-refractivity contribution in [3.63, 3.8) is 0 Å². The second-order valence-electron chi connectivity index (χ2n) is 4.88. The van der Waals surface area contributed by atoms with Gasteiger partial charge >= 0.3 is 0 Å². The SMILES string of the molecule is CC(c1ccc(Br)cc1)n1cncc1-c1ccnc(N)c1. The average Bonchev–Trinajstić information content (AvgIpc) is 2.97. The van der Waals surface area contributed by atoms with Gasteiger partial charge in [0.1, 0.15) is 5.82 Å². The lowest BCUT2D eigenvalue weighted by molar-refractivity contribution is 0.644. The van der Waals surface area contributed by atoms with Crippen LogP contribution in [0.5, 0.6) is 0 Å². The molecule has 0 saturated heterocycles. The van der Waals surface area contributed by atoms with Crippen LogP contribution in [0.15, 0.2) is 59.6 Å². The molecule has 106 valence electrons. The molecule has 2 aromatic heterocycles. The van der Waals surface area contributed by atoms with E-state index < -0.39 is 0 Å². The summed E-state index contributed by atoms with van der Waals surface area (Å²) in [4.78, 5) is 8.32. The second-order valence-corrected chi connectivity index (χ2v) is 5.80. The first kappa shape index (κ1) is 13.8. The number of aromatic nitrogens is 3. The van der Waals surface area contributed by atoms with Gasteiger partial charge < -0.3 is 10.3 Å². The van der Waals surface area contributed by atoms with Crippen molar-refractivity contribution >= 4 is 21.7 Å². The Hall–Kier alpha value is -2.14. The predicted octanol–water partition coefficient (Wildman–Crippen LogP) is 3.90. The van der Waals surface area contributed by atoms with Crippen molar-refractivity contribution in [1.82, 2.24) is 14.5 Å². The van der Waals surface area contributed by atoms with Crippen LogP contribution < -0.4 is 5.73 Å². The molecule has 0 saturated carbocycles. The summed E-state index contributed by atoms with van der Waals surface area (Å²) in [5, 5.41) is 0. The van der Waals surface area contributed by atoms with Crippen LogP contribution in [0.4, 0.5) is 5.82 Å². The van der Waals surface area contributed by atoms with Gasteiger partial charge in [-0.05, 0) is 36.8 Å². The van der Waals surface area contributed by atoms with Crippen molar-refractivity contribution in [3.8, 4) is 11.3 Å². The molecule has 1 aromatic carbocycles. The minimum Gasteiger partial charge on any atom is -0.384 e. The zero-order valence-corrected chi connectivity index (χ0v) is 13.2. The van der Waals surface area contributed by atoms with Gasteiger partial charge in [-0.1, -0.05) is 28.1 Å². The smallest absolute Gasteiger partial charge is 0.123 e. The number of nitrogen functional groups attached to an aromatic ring is 1. The topological polar surface area (TPSA) is 56.7 Å².